The van der Waals surface area contributed by atoms with Gasteiger partial charge in [0.25, 0.3) is 0 Å². The van der Waals surface area contributed by atoms with Gasteiger partial charge in [-0.15, -0.1) is 0 Å². The van der Waals surface area contributed by atoms with E-state index in [-0.39, 0.29) is 0 Å². The minimum absolute atomic E-state index is 0.330. The molecular weight excluding hydrogens is 366 g/mol. The monoisotopic (exact) mass is 395 g/mol. The van der Waals surface area contributed by atoms with E-state index in [4.69, 9.17) is 9.72 Å². The molecule has 154 valence electrons. The predicted molar refractivity (Wildman–Crippen MR) is 110 cm³/mol. The maximum atomic E-state index is 12.5. The van der Waals surface area contributed by atoms with Crippen molar-refractivity contribution in [1.82, 2.24) is 14.8 Å². The lowest BCUT2D eigenvalue weighted by atomic mass is 9.95. The summed E-state index contributed by atoms with van der Waals surface area (Å²) in [6, 6.07) is 10.5. The van der Waals surface area contributed by atoms with Gasteiger partial charge < -0.3 is 9.84 Å². The third-order valence-corrected chi connectivity index (χ3v) is 5.61. The van der Waals surface area contributed by atoms with Gasteiger partial charge in [0.1, 0.15) is 5.60 Å². The average molecular weight is 396 g/mol. The molecule has 29 heavy (non-hydrogen) atoms. The van der Waals surface area contributed by atoms with Crippen molar-refractivity contribution in [2.45, 2.75) is 65.6 Å². The Morgan fingerprint density at radius 1 is 1.21 bits per heavy atom. The van der Waals surface area contributed by atoms with E-state index in [0.29, 0.717) is 12.2 Å². The van der Waals surface area contributed by atoms with Crippen LogP contribution >= 0.6 is 0 Å². The minimum atomic E-state index is -1.05. The summed E-state index contributed by atoms with van der Waals surface area (Å²) >= 11 is 0. The summed E-state index contributed by atoms with van der Waals surface area (Å²) in [5.41, 5.74) is 5.64. The number of ether oxygens (including phenoxy) is 1. The van der Waals surface area contributed by atoms with Gasteiger partial charge in [-0.05, 0) is 44.4 Å². The van der Waals surface area contributed by atoms with Crippen LogP contribution < -0.4 is 0 Å². The average Bonchev–Trinajstić information content (AvgIpc) is 2.99. The normalized spacial score (nSPS) is 19.1. The molecule has 1 aromatic heterocycles. The molecule has 4 rings (SSSR count). The van der Waals surface area contributed by atoms with Crippen LogP contribution in [0.2, 0.25) is 0 Å². The summed E-state index contributed by atoms with van der Waals surface area (Å²) in [5.74, 6) is 0. The number of rotatable bonds is 2. The largest absolute Gasteiger partial charge is 0.444 e. The van der Waals surface area contributed by atoms with Crippen molar-refractivity contribution in [3.8, 4) is 0 Å². The number of carbonyl (C=O) groups excluding carboxylic acids is 1. The van der Waals surface area contributed by atoms with E-state index in [1.165, 1.54) is 16.0 Å². The zero-order valence-electron chi connectivity index (χ0n) is 17.6. The molecule has 6 nitrogen and oxygen atoms in total. The van der Waals surface area contributed by atoms with Gasteiger partial charge >= 0.3 is 6.09 Å². The molecule has 0 saturated carbocycles. The second kappa shape index (κ2) is 7.43. The highest BCUT2D eigenvalue weighted by molar-refractivity contribution is 5.70. The van der Waals surface area contributed by atoms with Crippen LogP contribution in [0.1, 0.15) is 60.6 Å². The Morgan fingerprint density at radius 3 is 2.62 bits per heavy atom. The number of aromatic nitrogens is 1. The maximum Gasteiger partial charge on any atom is 0.412 e. The number of hydrogen-bond donors (Lipinski definition) is 1. The van der Waals surface area contributed by atoms with Crippen molar-refractivity contribution in [2.75, 3.05) is 6.54 Å². The Hall–Kier alpha value is -2.44. The van der Waals surface area contributed by atoms with Gasteiger partial charge in [0.2, 0.25) is 0 Å². The Kier molecular flexibility index (Phi) is 5.09. The van der Waals surface area contributed by atoms with Crippen LogP contribution in [0.4, 0.5) is 4.79 Å². The van der Waals surface area contributed by atoms with Gasteiger partial charge in [-0.2, -0.15) is 0 Å². The van der Waals surface area contributed by atoms with E-state index in [1.807, 2.05) is 26.8 Å². The van der Waals surface area contributed by atoms with Crippen molar-refractivity contribution in [1.29, 1.82) is 0 Å². The fourth-order valence-electron chi connectivity index (χ4n) is 4.13. The number of carbonyl (C=O) groups is 1. The first-order chi connectivity index (χ1) is 13.7. The van der Waals surface area contributed by atoms with Crippen LogP contribution in [0.25, 0.3) is 0 Å². The number of pyridine rings is 1. The van der Waals surface area contributed by atoms with Gasteiger partial charge in [-0.3, -0.25) is 14.8 Å². The highest BCUT2D eigenvalue weighted by atomic mass is 16.6. The minimum Gasteiger partial charge on any atom is -0.444 e. The molecule has 6 heteroatoms. The molecule has 0 radical (unpaired) electrons. The molecular formula is C23H29N3O3. The van der Waals surface area contributed by atoms with Gasteiger partial charge in [0.05, 0.1) is 12.2 Å². The fraction of sp³-hybridized carbons (Fsp3) is 0.478. The molecule has 0 saturated heterocycles. The molecule has 0 aliphatic carbocycles. The van der Waals surface area contributed by atoms with Gasteiger partial charge in [0, 0.05) is 37.3 Å². The second-order valence-electron chi connectivity index (χ2n) is 8.95. The molecule has 3 heterocycles. The summed E-state index contributed by atoms with van der Waals surface area (Å²) in [5, 5.41) is 10.7. The third kappa shape index (κ3) is 4.00. The van der Waals surface area contributed by atoms with Gasteiger partial charge in [0.15, 0.2) is 6.23 Å². The standard InChI is InChI=1S/C23H29N3O3/c1-15-17-13-25(12-16-8-6-5-7-9-16)11-10-19(17)24-20-18(15)14-26(21(20)27)22(28)29-23(2,3)4/h5-9,21,27H,10-14H2,1-4H3. The molecule has 1 atom stereocenters. The highest BCUT2D eigenvalue weighted by Crippen LogP contribution is 2.37. The lowest BCUT2D eigenvalue weighted by molar-refractivity contribution is -0.0269. The van der Waals surface area contributed by atoms with E-state index in [0.717, 1.165) is 42.9 Å². The quantitative estimate of drug-likeness (QED) is 0.840. The van der Waals surface area contributed by atoms with Crippen molar-refractivity contribution < 1.29 is 14.6 Å². The van der Waals surface area contributed by atoms with E-state index in [9.17, 15) is 9.90 Å². The van der Waals surface area contributed by atoms with E-state index < -0.39 is 17.9 Å². The van der Waals surface area contributed by atoms with Crippen LogP contribution in [0.3, 0.4) is 0 Å². The van der Waals surface area contributed by atoms with Crippen LogP contribution in [-0.2, 0) is 30.8 Å². The molecule has 2 aromatic rings. The lowest BCUT2D eigenvalue weighted by Gasteiger charge is -2.30. The number of fused-ring (bicyclic) bond motifs is 2. The topological polar surface area (TPSA) is 65.9 Å². The van der Waals surface area contributed by atoms with Crippen molar-refractivity contribution in [3.05, 3.63) is 64.0 Å². The molecule has 2 aliphatic rings. The van der Waals surface area contributed by atoms with Crippen LogP contribution in [0, 0.1) is 6.92 Å². The van der Waals surface area contributed by atoms with Gasteiger partial charge in [-0.25, -0.2) is 4.79 Å². The fourth-order valence-corrected chi connectivity index (χ4v) is 4.13. The van der Waals surface area contributed by atoms with E-state index in [2.05, 4.69) is 36.1 Å². The zero-order valence-corrected chi connectivity index (χ0v) is 17.6. The van der Waals surface area contributed by atoms with Crippen LogP contribution in [-0.4, -0.2) is 38.1 Å². The summed E-state index contributed by atoms with van der Waals surface area (Å²) in [4.78, 5) is 21.1. The summed E-state index contributed by atoms with van der Waals surface area (Å²) < 4.78 is 5.46. The van der Waals surface area contributed by atoms with Crippen LogP contribution in [0.15, 0.2) is 30.3 Å². The molecule has 1 unspecified atom stereocenters. The number of benzene rings is 1. The Morgan fingerprint density at radius 2 is 1.93 bits per heavy atom. The first-order valence-electron chi connectivity index (χ1n) is 10.2. The maximum absolute atomic E-state index is 12.5. The first kappa shape index (κ1) is 19.9. The number of amides is 1. The SMILES string of the molecule is Cc1c2c(nc3c1CN(C(=O)OC(C)(C)C)C3O)CCN(Cc1ccccc1)C2. The van der Waals surface area contributed by atoms with Crippen molar-refractivity contribution in [2.24, 2.45) is 0 Å². The summed E-state index contributed by atoms with van der Waals surface area (Å²) in [6.07, 6.45) is -0.715. The smallest absolute Gasteiger partial charge is 0.412 e. The number of nitrogens with zero attached hydrogens (tertiary/aromatic N) is 3. The van der Waals surface area contributed by atoms with Crippen LogP contribution in [0.5, 0.6) is 0 Å². The molecule has 2 aliphatic heterocycles. The molecule has 0 fully saturated rings. The Labute approximate surface area is 172 Å². The summed E-state index contributed by atoms with van der Waals surface area (Å²) in [6.45, 7) is 10.5. The van der Waals surface area contributed by atoms with E-state index in [1.54, 1.807) is 0 Å². The summed E-state index contributed by atoms with van der Waals surface area (Å²) in [7, 11) is 0. The molecule has 1 N–H and O–H groups in total. The Bertz CT molecular complexity index is 921. The van der Waals surface area contributed by atoms with Crippen molar-refractivity contribution >= 4 is 6.09 Å². The molecule has 0 spiro atoms. The second-order valence-corrected chi connectivity index (χ2v) is 8.95. The first-order valence-corrected chi connectivity index (χ1v) is 10.2. The number of aliphatic hydroxyl groups is 1. The lowest BCUT2D eigenvalue weighted by Crippen LogP contribution is -2.35. The highest BCUT2D eigenvalue weighted by Gasteiger charge is 2.38. The predicted octanol–water partition coefficient (Wildman–Crippen LogP) is 3.69. The Balaban J connectivity index is 1.56. The van der Waals surface area contributed by atoms with Gasteiger partial charge in [-0.1, -0.05) is 30.3 Å². The molecule has 1 aromatic carbocycles. The molecule has 0 bridgehead atoms. The van der Waals surface area contributed by atoms with E-state index >= 15 is 0 Å². The number of aliphatic hydroxyl groups excluding tert-OH is 1. The van der Waals surface area contributed by atoms with Crippen molar-refractivity contribution in [3.63, 3.8) is 0 Å². The third-order valence-electron chi connectivity index (χ3n) is 5.61. The molecule has 1 amide bonds. The zero-order chi connectivity index (χ0) is 20.8. The number of hydrogen-bond acceptors (Lipinski definition) is 5.